The van der Waals surface area contributed by atoms with Gasteiger partial charge in [0.25, 0.3) is 0 Å². The van der Waals surface area contributed by atoms with Crippen LogP contribution in [0, 0.1) is 5.41 Å². The Bertz CT molecular complexity index is 2300. The summed E-state index contributed by atoms with van der Waals surface area (Å²) in [6, 6.07) is 35.6. The van der Waals surface area contributed by atoms with E-state index in [2.05, 4.69) is 52.7 Å². The Balaban J connectivity index is 1.17. The number of methoxy groups -OCH3 is 2. The first-order chi connectivity index (χ1) is 31.7. The van der Waals surface area contributed by atoms with E-state index in [1.54, 1.807) is 26.4 Å². The third-order valence-electron chi connectivity index (χ3n) is 11.1. The zero-order valence-electron chi connectivity index (χ0n) is 39.0. The predicted molar refractivity (Wildman–Crippen MR) is 261 cm³/mol. The minimum absolute atomic E-state index is 0.161. The van der Waals surface area contributed by atoms with Crippen LogP contribution in [0.4, 0.5) is 51.2 Å². The van der Waals surface area contributed by atoms with Crippen molar-refractivity contribution < 1.29 is 19.0 Å². The molecule has 65 heavy (non-hydrogen) atoms. The molecule has 0 atom stereocenters. The number of hydrogen-bond acceptors (Lipinski definition) is 13. The van der Waals surface area contributed by atoms with Crippen LogP contribution >= 0.6 is 0 Å². The van der Waals surface area contributed by atoms with Gasteiger partial charge in [0.1, 0.15) is 29.5 Å². The van der Waals surface area contributed by atoms with Crippen molar-refractivity contribution >= 4 is 57.2 Å². The Labute approximate surface area is 385 Å². The van der Waals surface area contributed by atoms with Crippen molar-refractivity contribution in [1.29, 1.82) is 0 Å². The highest BCUT2D eigenvalue weighted by atomic mass is 16.5. The maximum atomic E-state index is 12.7. The van der Waals surface area contributed by atoms with Crippen LogP contribution in [0.15, 0.2) is 156 Å². The molecule has 342 valence electrons. The fourth-order valence-electron chi connectivity index (χ4n) is 6.62. The first kappa shape index (κ1) is 49.4. The predicted octanol–water partition coefficient (Wildman–Crippen LogP) is 17.1. The molecule has 0 radical (unpaired) electrons. The van der Waals surface area contributed by atoms with E-state index in [4.69, 9.17) is 14.2 Å². The van der Waals surface area contributed by atoms with Crippen LogP contribution in [0.1, 0.15) is 98.3 Å². The zero-order valence-corrected chi connectivity index (χ0v) is 39.0. The topological polar surface area (TPSA) is 147 Å². The highest BCUT2D eigenvalue weighted by Gasteiger charge is 2.27. The quantitative estimate of drug-likeness (QED) is 0.0293. The van der Waals surface area contributed by atoms with Crippen molar-refractivity contribution in [2.24, 2.45) is 46.3 Å². The molecule has 5 aromatic rings. The third-order valence-corrected chi connectivity index (χ3v) is 11.1. The number of ether oxygens (including phenoxy) is 3. The van der Waals surface area contributed by atoms with Crippen LogP contribution in [0.3, 0.4) is 0 Å². The minimum Gasteiger partial charge on any atom is -0.494 e. The molecule has 0 aliphatic rings. The third kappa shape index (κ3) is 16.8. The van der Waals surface area contributed by atoms with Gasteiger partial charge in [-0.25, -0.2) is 0 Å². The number of carbonyl (C=O) groups excluding carboxylic acids is 1. The summed E-state index contributed by atoms with van der Waals surface area (Å²) in [5.41, 5.74) is 5.65. The Morgan fingerprint density at radius 1 is 0.492 bits per heavy atom. The van der Waals surface area contributed by atoms with Gasteiger partial charge in [0, 0.05) is 24.4 Å². The van der Waals surface area contributed by atoms with E-state index in [-0.39, 0.29) is 5.97 Å². The molecule has 0 aliphatic carbocycles. The summed E-state index contributed by atoms with van der Waals surface area (Å²) in [6.45, 7) is 9.95. The SMILES string of the molecule is CCCCCCCCCCCCN(CCOC(=O)C(C)(C)CC)c1ccc(N=Nc2cc(OC)c(N=Nc3ccc(N=Nc4ccc(N=Nc5ccccc5)cc4)cc3)cc2OC)cc1. The number of carbonyl (C=O) groups is 1. The van der Waals surface area contributed by atoms with E-state index in [0.29, 0.717) is 58.8 Å². The highest BCUT2D eigenvalue weighted by molar-refractivity contribution is 5.75. The summed E-state index contributed by atoms with van der Waals surface area (Å²) in [6.07, 6.45) is 13.5. The fraction of sp³-hybridized carbons (Fsp3) is 0.404. The van der Waals surface area contributed by atoms with Crippen LogP contribution < -0.4 is 14.4 Å². The van der Waals surface area contributed by atoms with Gasteiger partial charge < -0.3 is 19.1 Å². The fourth-order valence-corrected chi connectivity index (χ4v) is 6.62. The molecule has 0 heterocycles. The number of anilines is 1. The molecule has 0 spiro atoms. The number of benzene rings is 5. The van der Waals surface area contributed by atoms with Crippen LogP contribution in [-0.2, 0) is 9.53 Å². The Hall–Kier alpha value is -6.63. The number of rotatable bonds is 27. The molecule has 13 heteroatoms. The average Bonchev–Trinajstić information content (AvgIpc) is 3.34. The molecule has 0 aromatic heterocycles. The molecule has 5 rings (SSSR count). The van der Waals surface area contributed by atoms with Gasteiger partial charge in [-0.15, -0.1) is 10.2 Å². The lowest BCUT2D eigenvalue weighted by Crippen LogP contribution is -2.32. The van der Waals surface area contributed by atoms with Crippen LogP contribution in [0.2, 0.25) is 0 Å². The first-order valence-corrected chi connectivity index (χ1v) is 22.9. The van der Waals surface area contributed by atoms with Gasteiger partial charge in [-0.1, -0.05) is 89.8 Å². The summed E-state index contributed by atoms with van der Waals surface area (Å²) in [4.78, 5) is 15.0. The van der Waals surface area contributed by atoms with E-state index >= 15 is 0 Å². The van der Waals surface area contributed by atoms with Gasteiger partial charge >= 0.3 is 5.97 Å². The largest absolute Gasteiger partial charge is 0.494 e. The first-order valence-electron chi connectivity index (χ1n) is 22.9. The van der Waals surface area contributed by atoms with Crippen molar-refractivity contribution in [1.82, 2.24) is 0 Å². The maximum Gasteiger partial charge on any atom is 0.311 e. The molecule has 13 nitrogen and oxygen atoms in total. The Kier molecular flexibility index (Phi) is 20.4. The van der Waals surface area contributed by atoms with E-state index in [1.165, 1.54) is 57.8 Å². The lowest BCUT2D eigenvalue weighted by Gasteiger charge is -2.26. The molecule has 0 fully saturated rings. The lowest BCUT2D eigenvalue weighted by molar-refractivity contribution is -0.153. The summed E-state index contributed by atoms with van der Waals surface area (Å²) in [5.74, 6) is 0.765. The van der Waals surface area contributed by atoms with Crippen molar-refractivity contribution in [2.75, 3.05) is 38.8 Å². The Morgan fingerprint density at radius 2 is 0.877 bits per heavy atom. The number of unbranched alkanes of at least 4 members (excludes halogenated alkanes) is 9. The summed E-state index contributed by atoms with van der Waals surface area (Å²) < 4.78 is 17.1. The second kappa shape index (κ2) is 26.9. The molecule has 5 aromatic carbocycles. The van der Waals surface area contributed by atoms with E-state index in [1.807, 2.05) is 124 Å². The standard InChI is InChI=1S/C52H65N9O4/c1-7-9-10-11-12-13-14-15-16-20-35-61(36-37-65-51(62)52(3,4)8-2)46-33-31-45(32-34-46)58-60-48-39-49(63-5)47(38-50(48)64-6)59-57-44-29-27-43(28-30-44)56-55-42-25-23-41(24-26-42)54-53-40-21-18-17-19-22-40/h17-19,21-34,38-39H,7-16,20,35-37H2,1-6H3. The molecule has 0 amide bonds. The van der Waals surface area contributed by atoms with Crippen molar-refractivity contribution in [2.45, 2.75) is 98.3 Å². The van der Waals surface area contributed by atoms with Crippen LogP contribution in [0.25, 0.3) is 0 Å². The number of esters is 1. The molecular formula is C52H65N9O4. The maximum absolute atomic E-state index is 12.7. The summed E-state index contributed by atoms with van der Waals surface area (Å²) in [7, 11) is 3.13. The molecular weight excluding hydrogens is 815 g/mol. The van der Waals surface area contributed by atoms with Gasteiger partial charge in [-0.2, -0.15) is 30.7 Å². The van der Waals surface area contributed by atoms with E-state index in [0.717, 1.165) is 36.4 Å². The van der Waals surface area contributed by atoms with Crippen molar-refractivity contribution in [3.8, 4) is 11.5 Å². The van der Waals surface area contributed by atoms with Crippen LogP contribution in [0.5, 0.6) is 11.5 Å². The van der Waals surface area contributed by atoms with Gasteiger partial charge in [0.15, 0.2) is 0 Å². The normalized spacial score (nSPS) is 11.9. The minimum atomic E-state index is -0.498. The molecule has 0 unspecified atom stereocenters. The number of nitrogens with zero attached hydrogens (tertiary/aromatic N) is 9. The van der Waals surface area contributed by atoms with Gasteiger partial charge in [0.05, 0.1) is 60.3 Å². The lowest BCUT2D eigenvalue weighted by atomic mass is 9.91. The molecule has 0 bridgehead atoms. The Morgan fingerprint density at radius 3 is 1.29 bits per heavy atom. The van der Waals surface area contributed by atoms with E-state index in [9.17, 15) is 4.79 Å². The van der Waals surface area contributed by atoms with E-state index < -0.39 is 5.41 Å². The molecule has 0 aliphatic heterocycles. The summed E-state index contributed by atoms with van der Waals surface area (Å²) >= 11 is 0. The summed E-state index contributed by atoms with van der Waals surface area (Å²) in [5, 5.41) is 35.1. The smallest absolute Gasteiger partial charge is 0.311 e. The second-order valence-electron chi connectivity index (χ2n) is 16.4. The zero-order chi connectivity index (χ0) is 46.1. The van der Waals surface area contributed by atoms with Crippen LogP contribution in [-0.4, -0.2) is 39.9 Å². The number of hydrogen-bond donors (Lipinski definition) is 0. The van der Waals surface area contributed by atoms with Gasteiger partial charge in [-0.3, -0.25) is 4.79 Å². The van der Waals surface area contributed by atoms with Crippen molar-refractivity contribution in [3.63, 3.8) is 0 Å². The monoisotopic (exact) mass is 880 g/mol. The highest BCUT2D eigenvalue weighted by Crippen LogP contribution is 2.41. The second-order valence-corrected chi connectivity index (χ2v) is 16.4. The van der Waals surface area contributed by atoms with Crippen molar-refractivity contribution in [3.05, 3.63) is 115 Å². The van der Waals surface area contributed by atoms with Gasteiger partial charge in [0.2, 0.25) is 0 Å². The van der Waals surface area contributed by atoms with Gasteiger partial charge in [-0.05, 0) is 112 Å². The molecule has 0 saturated heterocycles. The average molecular weight is 880 g/mol. The molecule has 0 saturated carbocycles. The number of azo groups is 4. The molecule has 0 N–H and O–H groups in total.